The van der Waals surface area contributed by atoms with Crippen LogP contribution in [0.1, 0.15) is 45.0 Å². The molecular formula is C24H20BrN5O3S. The lowest BCUT2D eigenvalue weighted by Gasteiger charge is -2.39. The first-order chi connectivity index (χ1) is 16.1. The number of anilines is 1. The Hall–Kier alpha value is -2.98. The molecule has 2 aliphatic rings. The molecule has 6 rings (SSSR count). The average molecular weight is 538 g/mol. The van der Waals surface area contributed by atoms with Gasteiger partial charge < -0.3 is 5.32 Å². The smallest absolute Gasteiger partial charge is 0.271 e. The maximum absolute atomic E-state index is 14.0. The van der Waals surface area contributed by atoms with E-state index in [9.17, 15) is 14.9 Å². The van der Waals surface area contributed by atoms with Crippen molar-refractivity contribution >= 4 is 65.2 Å². The Labute approximate surface area is 207 Å². The third kappa shape index (κ3) is 2.58. The van der Waals surface area contributed by atoms with Crippen LogP contribution in [-0.2, 0) is 15.6 Å². The summed E-state index contributed by atoms with van der Waals surface area (Å²) in [5.41, 5.74) is 1.51. The molecule has 2 aliphatic carbocycles. The minimum atomic E-state index is -0.915. The molecule has 172 valence electrons. The van der Waals surface area contributed by atoms with Crippen LogP contribution in [0.25, 0.3) is 21.3 Å². The van der Waals surface area contributed by atoms with Gasteiger partial charge in [-0.3, -0.25) is 14.9 Å². The standard InChI is InChI=1S/C24H20BrN5O3S/c1-22(2)23(3)8-9-24(22,20(31)29-21-28-15-6-4-12(25)10-17(15)34-21)19-18(23)26-14-7-5-13(30(32)33)11-16(14)27-19/h4-7,10-11H,8-9H2,1-3H3,(H,28,29,31). The fraction of sp³-hybridized carbons (Fsp3) is 0.333. The number of aromatic nitrogens is 3. The number of nitro benzene ring substituents is 1. The zero-order valence-corrected chi connectivity index (χ0v) is 21.1. The van der Waals surface area contributed by atoms with Gasteiger partial charge in [0.25, 0.3) is 5.69 Å². The number of nitrogens with one attached hydrogen (secondary N) is 1. The SMILES string of the molecule is CC12CCC(C(=O)Nc3nc4ccc(Br)cc4s3)(c3nc4cc([N+](=O)[O-])ccc4nc31)C2(C)C. The van der Waals surface area contributed by atoms with E-state index in [1.54, 1.807) is 6.07 Å². The number of carbonyl (C=O) groups is 1. The molecule has 1 N–H and O–H groups in total. The second-order valence-electron chi connectivity index (χ2n) is 9.80. The van der Waals surface area contributed by atoms with Gasteiger partial charge in [-0.05, 0) is 42.5 Å². The number of thiazole rings is 1. The molecule has 2 bridgehead atoms. The van der Waals surface area contributed by atoms with Gasteiger partial charge in [0.05, 0.1) is 43.0 Å². The summed E-state index contributed by atoms with van der Waals surface area (Å²) in [7, 11) is 0. The molecule has 34 heavy (non-hydrogen) atoms. The van der Waals surface area contributed by atoms with Crippen molar-refractivity contribution in [1.29, 1.82) is 0 Å². The van der Waals surface area contributed by atoms with Crippen LogP contribution in [0, 0.1) is 15.5 Å². The van der Waals surface area contributed by atoms with Crippen molar-refractivity contribution in [2.24, 2.45) is 5.41 Å². The Morgan fingerprint density at radius 1 is 1.03 bits per heavy atom. The molecule has 0 spiro atoms. The quantitative estimate of drug-likeness (QED) is 0.258. The zero-order valence-electron chi connectivity index (χ0n) is 18.7. The van der Waals surface area contributed by atoms with Gasteiger partial charge in [-0.15, -0.1) is 0 Å². The highest BCUT2D eigenvalue weighted by Crippen LogP contribution is 2.70. The van der Waals surface area contributed by atoms with Crippen molar-refractivity contribution in [2.45, 2.75) is 44.4 Å². The predicted molar refractivity (Wildman–Crippen MR) is 134 cm³/mol. The summed E-state index contributed by atoms with van der Waals surface area (Å²) in [4.78, 5) is 39.3. The number of hydrogen-bond acceptors (Lipinski definition) is 7. The molecule has 4 aromatic rings. The molecule has 1 saturated carbocycles. The Morgan fingerprint density at radius 2 is 1.76 bits per heavy atom. The van der Waals surface area contributed by atoms with Crippen molar-refractivity contribution < 1.29 is 9.72 Å². The number of rotatable bonds is 3. The van der Waals surface area contributed by atoms with Gasteiger partial charge in [0, 0.05) is 22.0 Å². The van der Waals surface area contributed by atoms with Crippen LogP contribution in [-0.4, -0.2) is 25.8 Å². The first-order valence-corrected chi connectivity index (χ1v) is 12.5. The van der Waals surface area contributed by atoms with Crippen LogP contribution in [0.15, 0.2) is 40.9 Å². The molecule has 2 heterocycles. The fourth-order valence-corrected chi connectivity index (χ4v) is 7.27. The topological polar surface area (TPSA) is 111 Å². The normalized spacial score (nSPS) is 24.5. The molecule has 1 fully saturated rings. The van der Waals surface area contributed by atoms with Crippen LogP contribution < -0.4 is 5.32 Å². The van der Waals surface area contributed by atoms with E-state index in [-0.39, 0.29) is 17.0 Å². The van der Waals surface area contributed by atoms with Gasteiger partial charge in [-0.25, -0.2) is 15.0 Å². The third-order valence-electron chi connectivity index (χ3n) is 8.19. The average Bonchev–Trinajstić information content (AvgIpc) is 3.32. The first kappa shape index (κ1) is 21.5. The number of hydrogen-bond donors (Lipinski definition) is 1. The highest BCUT2D eigenvalue weighted by Gasteiger charge is 2.73. The van der Waals surface area contributed by atoms with Crippen molar-refractivity contribution in [3.8, 4) is 0 Å². The minimum Gasteiger partial charge on any atom is -0.301 e. The van der Waals surface area contributed by atoms with Gasteiger partial charge in [-0.2, -0.15) is 0 Å². The molecule has 1 amide bonds. The summed E-state index contributed by atoms with van der Waals surface area (Å²) in [5, 5.41) is 14.9. The van der Waals surface area contributed by atoms with Crippen LogP contribution in [0.2, 0.25) is 0 Å². The number of benzene rings is 2. The second-order valence-corrected chi connectivity index (χ2v) is 11.7. The van der Waals surface area contributed by atoms with Crippen molar-refractivity contribution in [2.75, 3.05) is 5.32 Å². The van der Waals surface area contributed by atoms with Gasteiger partial charge in [0.15, 0.2) is 5.13 Å². The summed E-state index contributed by atoms with van der Waals surface area (Å²) < 4.78 is 1.93. The van der Waals surface area contributed by atoms with E-state index >= 15 is 0 Å². The highest BCUT2D eigenvalue weighted by atomic mass is 79.9. The maximum atomic E-state index is 14.0. The molecule has 0 saturated heterocycles. The van der Waals surface area contributed by atoms with Crippen molar-refractivity contribution in [1.82, 2.24) is 15.0 Å². The Morgan fingerprint density at radius 3 is 2.53 bits per heavy atom. The van der Waals surface area contributed by atoms with E-state index in [2.05, 4.69) is 47.0 Å². The molecule has 2 unspecified atom stereocenters. The molecule has 2 aromatic heterocycles. The highest BCUT2D eigenvalue weighted by molar-refractivity contribution is 9.10. The summed E-state index contributed by atoms with van der Waals surface area (Å²) in [6.45, 7) is 6.35. The molecule has 0 radical (unpaired) electrons. The number of non-ortho nitro benzene ring substituents is 1. The van der Waals surface area contributed by atoms with Crippen LogP contribution in [0.5, 0.6) is 0 Å². The van der Waals surface area contributed by atoms with Gasteiger partial charge in [-0.1, -0.05) is 48.0 Å². The second kappa shape index (κ2) is 6.79. The van der Waals surface area contributed by atoms with E-state index in [0.717, 1.165) is 26.8 Å². The number of carbonyl (C=O) groups excluding carboxylic acids is 1. The number of halogens is 1. The molecule has 0 aliphatic heterocycles. The molecule has 10 heteroatoms. The van der Waals surface area contributed by atoms with Gasteiger partial charge >= 0.3 is 0 Å². The molecule has 2 atom stereocenters. The summed E-state index contributed by atoms with van der Waals surface area (Å²) in [6.07, 6.45) is 1.43. The van der Waals surface area contributed by atoms with Crippen molar-refractivity contribution in [3.63, 3.8) is 0 Å². The third-order valence-corrected chi connectivity index (χ3v) is 9.62. The van der Waals surface area contributed by atoms with E-state index in [1.807, 2.05) is 18.2 Å². The van der Waals surface area contributed by atoms with Gasteiger partial charge in [0.2, 0.25) is 5.91 Å². The lowest BCUT2D eigenvalue weighted by molar-refractivity contribution is -0.384. The van der Waals surface area contributed by atoms with Gasteiger partial charge in [0.1, 0.15) is 0 Å². The lowest BCUT2D eigenvalue weighted by Crippen LogP contribution is -2.48. The lowest BCUT2D eigenvalue weighted by atomic mass is 9.63. The molecule has 8 nitrogen and oxygen atoms in total. The van der Waals surface area contributed by atoms with Crippen LogP contribution in [0.3, 0.4) is 0 Å². The van der Waals surface area contributed by atoms with E-state index in [0.29, 0.717) is 28.3 Å². The minimum absolute atomic E-state index is 0.0467. The zero-order chi connectivity index (χ0) is 24.0. The number of fused-ring (bicyclic) bond motifs is 7. The summed E-state index contributed by atoms with van der Waals surface area (Å²) >= 11 is 4.90. The Balaban J connectivity index is 1.50. The van der Waals surface area contributed by atoms with Crippen LogP contribution in [0.4, 0.5) is 10.8 Å². The molecule has 2 aromatic carbocycles. The van der Waals surface area contributed by atoms with Crippen molar-refractivity contribution in [3.05, 3.63) is 62.4 Å². The fourth-order valence-electron chi connectivity index (χ4n) is 5.86. The Bertz CT molecular complexity index is 1570. The predicted octanol–water partition coefficient (Wildman–Crippen LogP) is 5.88. The van der Waals surface area contributed by atoms with Crippen LogP contribution >= 0.6 is 27.3 Å². The number of nitro groups is 1. The van der Waals surface area contributed by atoms with E-state index in [1.165, 1.54) is 23.5 Å². The largest absolute Gasteiger partial charge is 0.301 e. The number of nitrogens with zero attached hydrogens (tertiary/aromatic N) is 4. The molecular weight excluding hydrogens is 518 g/mol. The number of amides is 1. The van der Waals surface area contributed by atoms with E-state index < -0.39 is 15.8 Å². The van der Waals surface area contributed by atoms with E-state index in [4.69, 9.17) is 9.97 Å². The Kier molecular flexibility index (Phi) is 4.30. The first-order valence-electron chi connectivity index (χ1n) is 10.9. The monoisotopic (exact) mass is 537 g/mol. The maximum Gasteiger partial charge on any atom is 0.271 e. The summed E-state index contributed by atoms with van der Waals surface area (Å²) in [5.74, 6) is -0.155. The summed E-state index contributed by atoms with van der Waals surface area (Å²) in [6, 6.07) is 10.3.